The van der Waals surface area contributed by atoms with Crippen LogP contribution >= 0.6 is 11.3 Å². The number of hydrogen-bond donors (Lipinski definition) is 3. The number of carbonyl (C=O) groups is 2. The number of rotatable bonds is 8. The third kappa shape index (κ3) is 4.74. The van der Waals surface area contributed by atoms with E-state index in [1.807, 2.05) is 66.2 Å². The fourth-order valence-electron chi connectivity index (χ4n) is 3.79. The van der Waals surface area contributed by atoms with Crippen LogP contribution < -0.4 is 10.6 Å². The van der Waals surface area contributed by atoms with Crippen molar-refractivity contribution in [2.24, 2.45) is 0 Å². The first-order chi connectivity index (χ1) is 16.7. The summed E-state index contributed by atoms with van der Waals surface area (Å²) in [5, 5.41) is 12.9. The molecule has 8 nitrogen and oxygen atoms in total. The maximum Gasteiger partial charge on any atom is 0.262 e. The molecule has 0 saturated heterocycles. The van der Waals surface area contributed by atoms with Crippen LogP contribution in [0.5, 0.6) is 0 Å². The lowest BCUT2D eigenvalue weighted by molar-refractivity contribution is -0.123. The van der Waals surface area contributed by atoms with E-state index in [2.05, 4.69) is 25.7 Å². The quantitative estimate of drug-likeness (QED) is 0.323. The Morgan fingerprint density at radius 1 is 1.06 bits per heavy atom. The van der Waals surface area contributed by atoms with Gasteiger partial charge >= 0.3 is 0 Å². The van der Waals surface area contributed by atoms with Crippen molar-refractivity contribution >= 4 is 34.1 Å². The van der Waals surface area contributed by atoms with Crippen LogP contribution in [-0.4, -0.2) is 37.6 Å². The van der Waals surface area contributed by atoms with E-state index < -0.39 is 6.04 Å². The lowest BCUT2D eigenvalue weighted by Gasteiger charge is -2.18. The Labute approximate surface area is 199 Å². The number of hydrogen-bond acceptors (Lipinski definition) is 5. The number of benzene rings is 2. The molecule has 1 atom stereocenters. The van der Waals surface area contributed by atoms with Gasteiger partial charge in [-0.2, -0.15) is 5.10 Å². The summed E-state index contributed by atoms with van der Waals surface area (Å²) in [5.74, 6) is -0.497. The van der Waals surface area contributed by atoms with Gasteiger partial charge in [0.15, 0.2) is 0 Å². The molecule has 1 unspecified atom stereocenters. The van der Waals surface area contributed by atoms with Gasteiger partial charge in [0.05, 0.1) is 10.6 Å². The first-order valence-electron chi connectivity index (χ1n) is 10.8. The van der Waals surface area contributed by atoms with Crippen molar-refractivity contribution in [3.05, 3.63) is 101 Å². The molecule has 3 heterocycles. The van der Waals surface area contributed by atoms with Crippen LogP contribution in [0.2, 0.25) is 0 Å². The highest BCUT2D eigenvalue weighted by Gasteiger charge is 2.23. The zero-order valence-corrected chi connectivity index (χ0v) is 19.0. The highest BCUT2D eigenvalue weighted by Crippen LogP contribution is 2.20. The monoisotopic (exact) mass is 470 g/mol. The molecule has 2 aromatic carbocycles. The maximum atomic E-state index is 13.2. The standard InChI is InChI=1S/C25H22N6O2S/c32-24(28-13-17-7-9-19(10-8-17)31-16-26-15-29-31)22(30-25(33)23-6-3-11-34-23)12-18-14-27-21-5-2-1-4-20(18)21/h1-11,14-16,22,27H,12-13H2,(H,28,32)(H,30,33). The fourth-order valence-corrected chi connectivity index (χ4v) is 4.41. The number of nitrogens with one attached hydrogen (secondary N) is 3. The molecule has 0 saturated carbocycles. The van der Waals surface area contributed by atoms with Gasteiger partial charge in [-0.3, -0.25) is 9.59 Å². The zero-order valence-electron chi connectivity index (χ0n) is 18.1. The number of aromatic nitrogens is 4. The maximum absolute atomic E-state index is 13.2. The topological polar surface area (TPSA) is 105 Å². The van der Waals surface area contributed by atoms with Gasteiger partial charge in [-0.05, 0) is 40.8 Å². The predicted octanol–water partition coefficient (Wildman–Crippen LogP) is 3.47. The molecule has 9 heteroatoms. The molecule has 0 aliphatic heterocycles. The van der Waals surface area contributed by atoms with Crippen LogP contribution in [0.15, 0.2) is 84.9 Å². The number of nitrogens with zero attached hydrogens (tertiary/aromatic N) is 3. The molecule has 0 spiro atoms. The number of para-hydroxylation sites is 1. The number of carbonyl (C=O) groups excluding carboxylic acids is 2. The number of aromatic amines is 1. The SMILES string of the molecule is O=C(NC(Cc1c[nH]c2ccccc12)C(=O)NCc1ccc(-n2cncn2)cc1)c1cccs1. The van der Waals surface area contributed by atoms with E-state index >= 15 is 0 Å². The second kappa shape index (κ2) is 9.72. The molecule has 34 heavy (non-hydrogen) atoms. The van der Waals surface area contributed by atoms with Gasteiger partial charge in [-0.15, -0.1) is 11.3 Å². The Morgan fingerprint density at radius 2 is 1.91 bits per heavy atom. The number of amides is 2. The van der Waals surface area contributed by atoms with Gasteiger partial charge < -0.3 is 15.6 Å². The van der Waals surface area contributed by atoms with Crippen molar-refractivity contribution in [1.82, 2.24) is 30.4 Å². The molecule has 2 amide bonds. The van der Waals surface area contributed by atoms with E-state index in [1.54, 1.807) is 17.1 Å². The summed E-state index contributed by atoms with van der Waals surface area (Å²) in [7, 11) is 0. The Morgan fingerprint density at radius 3 is 2.68 bits per heavy atom. The molecule has 0 aliphatic carbocycles. The van der Waals surface area contributed by atoms with E-state index in [0.717, 1.165) is 27.7 Å². The molecular formula is C25H22N6O2S. The van der Waals surface area contributed by atoms with Crippen molar-refractivity contribution in [2.45, 2.75) is 19.0 Å². The summed E-state index contributed by atoms with van der Waals surface area (Å²) >= 11 is 1.34. The summed E-state index contributed by atoms with van der Waals surface area (Å²) in [6, 6.07) is 18.4. The van der Waals surface area contributed by atoms with Gasteiger partial charge in [0.1, 0.15) is 18.7 Å². The van der Waals surface area contributed by atoms with Crippen molar-refractivity contribution in [1.29, 1.82) is 0 Å². The summed E-state index contributed by atoms with van der Waals surface area (Å²) in [5.41, 5.74) is 3.79. The third-order valence-electron chi connectivity index (χ3n) is 5.55. The van der Waals surface area contributed by atoms with E-state index in [-0.39, 0.29) is 11.8 Å². The molecule has 170 valence electrons. The van der Waals surface area contributed by atoms with Crippen LogP contribution in [0.3, 0.4) is 0 Å². The van der Waals surface area contributed by atoms with E-state index in [1.165, 1.54) is 17.7 Å². The molecular weight excluding hydrogens is 448 g/mol. The average molecular weight is 471 g/mol. The van der Waals surface area contributed by atoms with Crippen LogP contribution in [0.4, 0.5) is 0 Å². The first-order valence-corrected chi connectivity index (χ1v) is 11.7. The molecule has 3 N–H and O–H groups in total. The van der Waals surface area contributed by atoms with Crippen molar-refractivity contribution in [3.8, 4) is 5.69 Å². The summed E-state index contributed by atoms with van der Waals surface area (Å²) < 4.78 is 1.67. The Balaban J connectivity index is 1.30. The largest absolute Gasteiger partial charge is 0.361 e. The fraction of sp³-hybridized carbons (Fsp3) is 0.120. The minimum atomic E-state index is -0.719. The molecule has 0 bridgehead atoms. The highest BCUT2D eigenvalue weighted by molar-refractivity contribution is 7.12. The smallest absolute Gasteiger partial charge is 0.262 e. The van der Waals surface area contributed by atoms with Gasteiger partial charge in [-0.1, -0.05) is 36.4 Å². The van der Waals surface area contributed by atoms with Gasteiger partial charge in [0, 0.05) is 30.1 Å². The van der Waals surface area contributed by atoms with Crippen LogP contribution in [-0.2, 0) is 17.8 Å². The molecule has 0 radical (unpaired) electrons. The summed E-state index contributed by atoms with van der Waals surface area (Å²) in [4.78, 5) is 33.7. The number of H-pyrrole nitrogens is 1. The molecule has 5 rings (SSSR count). The normalized spacial score (nSPS) is 11.9. The number of fused-ring (bicyclic) bond motifs is 1. The van der Waals surface area contributed by atoms with E-state index in [4.69, 9.17) is 0 Å². The van der Waals surface area contributed by atoms with Crippen LogP contribution in [0, 0.1) is 0 Å². The van der Waals surface area contributed by atoms with E-state index in [9.17, 15) is 9.59 Å². The second-order valence-electron chi connectivity index (χ2n) is 7.79. The van der Waals surface area contributed by atoms with Crippen LogP contribution in [0.1, 0.15) is 20.8 Å². The summed E-state index contributed by atoms with van der Waals surface area (Å²) in [6.07, 6.45) is 5.37. The molecule has 5 aromatic rings. The Bertz CT molecular complexity index is 1390. The van der Waals surface area contributed by atoms with Gasteiger partial charge in [0.25, 0.3) is 5.91 Å². The van der Waals surface area contributed by atoms with E-state index in [0.29, 0.717) is 17.8 Å². The summed E-state index contributed by atoms with van der Waals surface area (Å²) in [6.45, 7) is 0.343. The highest BCUT2D eigenvalue weighted by atomic mass is 32.1. The predicted molar refractivity (Wildman–Crippen MR) is 131 cm³/mol. The molecule has 0 fully saturated rings. The zero-order chi connectivity index (χ0) is 23.3. The van der Waals surface area contributed by atoms with Crippen molar-refractivity contribution in [3.63, 3.8) is 0 Å². The second-order valence-corrected chi connectivity index (χ2v) is 8.74. The molecule has 3 aromatic heterocycles. The van der Waals surface area contributed by atoms with Gasteiger partial charge in [-0.25, -0.2) is 9.67 Å². The van der Waals surface area contributed by atoms with Crippen molar-refractivity contribution < 1.29 is 9.59 Å². The lowest BCUT2D eigenvalue weighted by Crippen LogP contribution is -2.47. The van der Waals surface area contributed by atoms with Crippen LogP contribution in [0.25, 0.3) is 16.6 Å². The number of thiophene rings is 1. The first kappa shape index (κ1) is 21.6. The molecule has 0 aliphatic rings. The Kier molecular flexibility index (Phi) is 6.17. The average Bonchev–Trinajstić information content (AvgIpc) is 3.65. The minimum Gasteiger partial charge on any atom is -0.361 e. The Hall–Kier alpha value is -4.24. The third-order valence-corrected chi connectivity index (χ3v) is 6.42. The minimum absolute atomic E-state index is 0.240. The van der Waals surface area contributed by atoms with Crippen molar-refractivity contribution in [2.75, 3.05) is 0 Å². The lowest BCUT2D eigenvalue weighted by atomic mass is 10.0. The van der Waals surface area contributed by atoms with Gasteiger partial charge in [0.2, 0.25) is 5.91 Å².